The lowest BCUT2D eigenvalue weighted by Crippen LogP contribution is -2.18. The quantitative estimate of drug-likeness (QED) is 0.878. The number of benzene rings is 1. The Morgan fingerprint density at radius 3 is 2.59 bits per heavy atom. The number of rotatable bonds is 4. The molecule has 0 saturated carbocycles. The summed E-state index contributed by atoms with van der Waals surface area (Å²) >= 11 is 0. The van der Waals surface area contributed by atoms with Gasteiger partial charge in [-0.25, -0.2) is 4.39 Å². The van der Waals surface area contributed by atoms with Gasteiger partial charge >= 0.3 is 0 Å². The maximum atomic E-state index is 12.8. The summed E-state index contributed by atoms with van der Waals surface area (Å²) in [6.45, 7) is 2.76. The van der Waals surface area contributed by atoms with Crippen LogP contribution in [0.3, 0.4) is 0 Å². The van der Waals surface area contributed by atoms with Gasteiger partial charge in [0.2, 0.25) is 0 Å². The van der Waals surface area contributed by atoms with Crippen LogP contribution in [0.25, 0.3) is 0 Å². The molecule has 0 amide bonds. The van der Waals surface area contributed by atoms with Crippen LogP contribution in [-0.2, 0) is 13.6 Å². The topological polar surface area (TPSA) is 29.9 Å². The SMILES string of the molecule is C[C@@H](NCc1ccn(C)n1)c1ccc(F)cc1. The van der Waals surface area contributed by atoms with Crippen molar-refractivity contribution < 1.29 is 4.39 Å². The van der Waals surface area contributed by atoms with E-state index in [0.717, 1.165) is 11.3 Å². The highest BCUT2D eigenvalue weighted by molar-refractivity contribution is 5.19. The van der Waals surface area contributed by atoms with E-state index in [2.05, 4.69) is 17.3 Å². The largest absolute Gasteiger partial charge is 0.304 e. The van der Waals surface area contributed by atoms with E-state index in [1.165, 1.54) is 12.1 Å². The Kier molecular flexibility index (Phi) is 3.54. The summed E-state index contributed by atoms with van der Waals surface area (Å²) in [6, 6.07) is 8.71. The molecule has 90 valence electrons. The predicted molar refractivity (Wildman–Crippen MR) is 64.9 cm³/mol. The highest BCUT2D eigenvalue weighted by Gasteiger charge is 2.05. The second kappa shape index (κ2) is 5.10. The molecule has 0 aliphatic heterocycles. The van der Waals surface area contributed by atoms with Crippen molar-refractivity contribution in [2.24, 2.45) is 7.05 Å². The van der Waals surface area contributed by atoms with Crippen molar-refractivity contribution >= 4 is 0 Å². The second-order valence-corrected chi connectivity index (χ2v) is 4.13. The zero-order valence-electron chi connectivity index (χ0n) is 10.0. The van der Waals surface area contributed by atoms with Crippen molar-refractivity contribution in [3.05, 3.63) is 53.6 Å². The van der Waals surface area contributed by atoms with Gasteiger partial charge < -0.3 is 5.32 Å². The number of hydrogen-bond acceptors (Lipinski definition) is 2. The predicted octanol–water partition coefficient (Wildman–Crippen LogP) is 2.41. The third-order valence-electron chi connectivity index (χ3n) is 2.73. The molecular weight excluding hydrogens is 217 g/mol. The molecule has 17 heavy (non-hydrogen) atoms. The summed E-state index contributed by atoms with van der Waals surface area (Å²) in [5, 5.41) is 7.63. The van der Waals surface area contributed by atoms with Crippen LogP contribution in [0.15, 0.2) is 36.5 Å². The van der Waals surface area contributed by atoms with Crippen molar-refractivity contribution in [3.8, 4) is 0 Å². The van der Waals surface area contributed by atoms with E-state index < -0.39 is 0 Å². The third kappa shape index (κ3) is 3.14. The zero-order valence-corrected chi connectivity index (χ0v) is 10.0. The summed E-state index contributed by atoms with van der Waals surface area (Å²) in [6.07, 6.45) is 1.92. The molecule has 0 radical (unpaired) electrons. The minimum absolute atomic E-state index is 0.178. The monoisotopic (exact) mass is 233 g/mol. The zero-order chi connectivity index (χ0) is 12.3. The number of aryl methyl sites for hydroxylation is 1. The van der Waals surface area contributed by atoms with Crippen LogP contribution in [0, 0.1) is 5.82 Å². The third-order valence-corrected chi connectivity index (χ3v) is 2.73. The molecule has 0 aliphatic rings. The molecule has 0 aliphatic carbocycles. The van der Waals surface area contributed by atoms with Crippen LogP contribution in [0.1, 0.15) is 24.2 Å². The van der Waals surface area contributed by atoms with Crippen LogP contribution in [0.4, 0.5) is 4.39 Å². The normalized spacial score (nSPS) is 12.6. The summed E-state index contributed by atoms with van der Waals surface area (Å²) < 4.78 is 14.5. The average molecular weight is 233 g/mol. The first-order valence-electron chi connectivity index (χ1n) is 5.62. The van der Waals surface area contributed by atoms with Crippen molar-refractivity contribution in [1.82, 2.24) is 15.1 Å². The van der Waals surface area contributed by atoms with Gasteiger partial charge in [0, 0.05) is 25.8 Å². The lowest BCUT2D eigenvalue weighted by Gasteiger charge is -2.13. The first-order valence-corrected chi connectivity index (χ1v) is 5.62. The Hall–Kier alpha value is -1.68. The number of halogens is 1. The van der Waals surface area contributed by atoms with Crippen molar-refractivity contribution in [1.29, 1.82) is 0 Å². The summed E-state index contributed by atoms with van der Waals surface area (Å²) in [5.74, 6) is -0.203. The van der Waals surface area contributed by atoms with Crippen LogP contribution in [0.2, 0.25) is 0 Å². The molecule has 0 bridgehead atoms. The fourth-order valence-electron chi connectivity index (χ4n) is 1.68. The molecule has 1 atom stereocenters. The van der Waals surface area contributed by atoms with Gasteiger partial charge in [-0.2, -0.15) is 5.10 Å². The molecule has 1 heterocycles. The van der Waals surface area contributed by atoms with E-state index in [9.17, 15) is 4.39 Å². The van der Waals surface area contributed by atoms with Crippen molar-refractivity contribution in [2.45, 2.75) is 19.5 Å². The van der Waals surface area contributed by atoms with Gasteiger partial charge in [-0.15, -0.1) is 0 Å². The highest BCUT2D eigenvalue weighted by Crippen LogP contribution is 2.13. The molecule has 0 spiro atoms. The Balaban J connectivity index is 1.93. The van der Waals surface area contributed by atoms with E-state index in [0.29, 0.717) is 6.54 Å². The van der Waals surface area contributed by atoms with Crippen LogP contribution < -0.4 is 5.32 Å². The van der Waals surface area contributed by atoms with E-state index in [1.54, 1.807) is 16.8 Å². The maximum absolute atomic E-state index is 12.8. The van der Waals surface area contributed by atoms with Gasteiger partial charge in [0.25, 0.3) is 0 Å². The van der Waals surface area contributed by atoms with Gasteiger partial charge in [0.05, 0.1) is 5.69 Å². The minimum atomic E-state index is -0.203. The fraction of sp³-hybridized carbons (Fsp3) is 0.308. The Bertz CT molecular complexity index is 476. The molecule has 4 heteroatoms. The molecular formula is C13H16FN3. The molecule has 2 rings (SSSR count). The minimum Gasteiger partial charge on any atom is -0.304 e. The molecule has 1 N–H and O–H groups in total. The van der Waals surface area contributed by atoms with Gasteiger partial charge in [-0.05, 0) is 30.7 Å². The Morgan fingerprint density at radius 1 is 1.29 bits per heavy atom. The van der Waals surface area contributed by atoms with Gasteiger partial charge in [0.15, 0.2) is 0 Å². The first-order chi connectivity index (χ1) is 8.15. The molecule has 0 unspecified atom stereocenters. The van der Waals surface area contributed by atoms with E-state index in [1.807, 2.05) is 19.3 Å². The maximum Gasteiger partial charge on any atom is 0.123 e. The van der Waals surface area contributed by atoms with Crippen molar-refractivity contribution in [3.63, 3.8) is 0 Å². The van der Waals surface area contributed by atoms with Crippen molar-refractivity contribution in [2.75, 3.05) is 0 Å². The van der Waals surface area contributed by atoms with Gasteiger partial charge in [0.1, 0.15) is 5.82 Å². The summed E-state index contributed by atoms with van der Waals surface area (Å²) in [4.78, 5) is 0. The molecule has 2 aromatic rings. The number of aromatic nitrogens is 2. The van der Waals surface area contributed by atoms with E-state index in [-0.39, 0.29) is 11.9 Å². The standard InChI is InChI=1S/C13H16FN3/c1-10(11-3-5-12(14)6-4-11)15-9-13-7-8-17(2)16-13/h3-8,10,15H,9H2,1-2H3/t10-/m1/s1. The molecule has 0 fully saturated rings. The highest BCUT2D eigenvalue weighted by atomic mass is 19.1. The van der Waals surface area contributed by atoms with E-state index in [4.69, 9.17) is 0 Å². The van der Waals surface area contributed by atoms with Gasteiger partial charge in [-0.1, -0.05) is 12.1 Å². The van der Waals surface area contributed by atoms with Crippen LogP contribution in [0.5, 0.6) is 0 Å². The molecule has 1 aromatic carbocycles. The number of nitrogens with one attached hydrogen (secondary N) is 1. The molecule has 3 nitrogen and oxygen atoms in total. The number of nitrogens with zero attached hydrogens (tertiary/aromatic N) is 2. The van der Waals surface area contributed by atoms with E-state index >= 15 is 0 Å². The number of hydrogen-bond donors (Lipinski definition) is 1. The fourth-order valence-corrected chi connectivity index (χ4v) is 1.68. The first kappa shape index (κ1) is 11.8. The average Bonchev–Trinajstić information content (AvgIpc) is 2.73. The van der Waals surface area contributed by atoms with Crippen LogP contribution >= 0.6 is 0 Å². The lowest BCUT2D eigenvalue weighted by atomic mass is 10.1. The van der Waals surface area contributed by atoms with Crippen LogP contribution in [-0.4, -0.2) is 9.78 Å². The van der Waals surface area contributed by atoms with Gasteiger partial charge in [-0.3, -0.25) is 4.68 Å². The Morgan fingerprint density at radius 2 is 2.00 bits per heavy atom. The lowest BCUT2D eigenvalue weighted by molar-refractivity contribution is 0.559. The molecule has 0 saturated heterocycles. The summed E-state index contributed by atoms with van der Waals surface area (Å²) in [5.41, 5.74) is 2.07. The molecule has 1 aromatic heterocycles. The Labute approximate surface area is 100 Å². The summed E-state index contributed by atoms with van der Waals surface area (Å²) in [7, 11) is 1.90. The second-order valence-electron chi connectivity index (χ2n) is 4.13. The smallest absolute Gasteiger partial charge is 0.123 e.